The van der Waals surface area contributed by atoms with Gasteiger partial charge in [-0.3, -0.25) is 14.5 Å². The lowest BCUT2D eigenvalue weighted by Crippen LogP contribution is -3.10. The van der Waals surface area contributed by atoms with Gasteiger partial charge in [0.15, 0.2) is 0 Å². The molecule has 0 fully saturated rings. The number of carboxylic acids is 1. The summed E-state index contributed by atoms with van der Waals surface area (Å²) in [4.78, 5) is 26.1. The fraction of sp³-hybridized carbons (Fsp3) is 0.297. The fourth-order valence-corrected chi connectivity index (χ4v) is 7.61. The molecule has 4 aromatic rings. The normalized spacial score (nSPS) is 21.0. The van der Waals surface area contributed by atoms with Gasteiger partial charge in [0.1, 0.15) is 18.3 Å². The molecule has 220 valence electrons. The molecule has 43 heavy (non-hydrogen) atoms. The highest BCUT2D eigenvalue weighted by Crippen LogP contribution is 2.50. The number of aliphatic carboxylic acids is 1. The van der Waals surface area contributed by atoms with Gasteiger partial charge in [-0.05, 0) is 65.2 Å². The van der Waals surface area contributed by atoms with E-state index in [1.807, 2.05) is 0 Å². The van der Waals surface area contributed by atoms with Crippen LogP contribution in [0.4, 0.5) is 11.4 Å². The number of hydrogen-bond donors (Lipinski definition) is 2. The first-order valence-corrected chi connectivity index (χ1v) is 15.0. The van der Waals surface area contributed by atoms with Gasteiger partial charge in [0.2, 0.25) is 0 Å². The Morgan fingerprint density at radius 1 is 0.930 bits per heavy atom. The van der Waals surface area contributed by atoms with Crippen LogP contribution in [0.25, 0.3) is 21.5 Å². The van der Waals surface area contributed by atoms with E-state index in [0.29, 0.717) is 19.6 Å². The number of ether oxygens (including phenoxy) is 1. The van der Waals surface area contributed by atoms with Crippen molar-refractivity contribution in [1.82, 2.24) is 0 Å². The molecule has 0 aliphatic carbocycles. The Hall–Kier alpha value is -4.42. The van der Waals surface area contributed by atoms with E-state index >= 15 is 0 Å². The van der Waals surface area contributed by atoms with E-state index in [9.17, 15) is 14.7 Å². The highest BCUT2D eigenvalue weighted by molar-refractivity contribution is 5.95. The van der Waals surface area contributed by atoms with Gasteiger partial charge in [0, 0.05) is 28.4 Å². The second-order valence-electron chi connectivity index (χ2n) is 12.7. The maximum Gasteiger partial charge on any atom is 0.309 e. The third-order valence-electron chi connectivity index (χ3n) is 9.49. The molecule has 0 amide bonds. The van der Waals surface area contributed by atoms with Crippen LogP contribution in [0.5, 0.6) is 0 Å². The summed E-state index contributed by atoms with van der Waals surface area (Å²) in [5.41, 5.74) is 5.50. The average molecular weight is 576 g/mol. The third kappa shape index (κ3) is 4.80. The first kappa shape index (κ1) is 28.7. The smallest absolute Gasteiger partial charge is 0.309 e. The van der Waals surface area contributed by atoms with Crippen LogP contribution in [-0.4, -0.2) is 43.3 Å². The van der Waals surface area contributed by atoms with Crippen molar-refractivity contribution in [1.29, 1.82) is 0 Å². The maximum absolute atomic E-state index is 11.7. The minimum absolute atomic E-state index is 0.0454. The lowest BCUT2D eigenvalue weighted by molar-refractivity contribution is -0.849. The Labute approximate surface area is 252 Å². The van der Waals surface area contributed by atoms with Crippen LogP contribution in [0.3, 0.4) is 0 Å². The lowest BCUT2D eigenvalue weighted by atomic mass is 9.78. The van der Waals surface area contributed by atoms with Crippen molar-refractivity contribution in [2.75, 3.05) is 24.6 Å². The Bertz CT molecular complexity index is 1780. The second kappa shape index (κ2) is 11.0. The predicted octanol–water partition coefficient (Wildman–Crippen LogP) is 6.05. The van der Waals surface area contributed by atoms with Gasteiger partial charge >= 0.3 is 5.97 Å². The fourth-order valence-electron chi connectivity index (χ4n) is 7.61. The van der Waals surface area contributed by atoms with Crippen molar-refractivity contribution in [3.63, 3.8) is 0 Å². The number of nitrogens with one attached hydrogen (secondary N) is 1. The number of carboxylic acid groups (broad SMARTS) is 1. The van der Waals surface area contributed by atoms with Crippen molar-refractivity contribution in [3.05, 3.63) is 108 Å². The predicted molar refractivity (Wildman–Crippen MR) is 172 cm³/mol. The van der Waals surface area contributed by atoms with E-state index in [1.165, 1.54) is 43.3 Å². The quantitative estimate of drug-likeness (QED) is 0.188. The molecule has 2 atom stereocenters. The van der Waals surface area contributed by atoms with Gasteiger partial charge in [0.25, 0.3) is 6.47 Å². The Morgan fingerprint density at radius 2 is 1.58 bits per heavy atom. The number of benzene rings is 4. The summed E-state index contributed by atoms with van der Waals surface area (Å²) < 4.78 is 5.14. The Balaban J connectivity index is 1.43. The van der Waals surface area contributed by atoms with E-state index in [-0.39, 0.29) is 29.9 Å². The monoisotopic (exact) mass is 575 g/mol. The number of carbonyl (C=O) groups excluding carboxylic acids is 1. The van der Waals surface area contributed by atoms with Gasteiger partial charge in [0.05, 0.1) is 24.9 Å². The molecular weight excluding hydrogens is 536 g/mol. The third-order valence-corrected chi connectivity index (χ3v) is 9.49. The van der Waals surface area contributed by atoms with Gasteiger partial charge in [-0.25, -0.2) is 0 Å². The molecule has 0 saturated carbocycles. The topological polar surface area (TPSA) is 71.3 Å². The molecule has 0 radical (unpaired) electrons. The van der Waals surface area contributed by atoms with Crippen LogP contribution in [-0.2, 0) is 25.2 Å². The van der Waals surface area contributed by atoms with E-state index in [2.05, 4.69) is 124 Å². The van der Waals surface area contributed by atoms with E-state index in [4.69, 9.17) is 4.74 Å². The summed E-state index contributed by atoms with van der Waals surface area (Å²) >= 11 is 0. The molecule has 6 rings (SSSR count). The van der Waals surface area contributed by atoms with E-state index < -0.39 is 5.97 Å². The molecule has 2 heterocycles. The highest BCUT2D eigenvalue weighted by atomic mass is 16.5. The SMILES string of the molecule is CC1(C)/C(=C\C=C\C2[NH+](CCC(=O)O)c3ccc4ccccc4c3C2(C)C)N(CCOC=O)c2ccc3ccccc3c21. The summed E-state index contributed by atoms with van der Waals surface area (Å²) in [7, 11) is 0. The van der Waals surface area contributed by atoms with Crippen LogP contribution in [0, 0.1) is 0 Å². The van der Waals surface area contributed by atoms with Gasteiger partial charge in [-0.1, -0.05) is 74.5 Å². The molecule has 6 nitrogen and oxygen atoms in total. The zero-order chi connectivity index (χ0) is 30.4. The molecule has 4 aromatic carbocycles. The summed E-state index contributed by atoms with van der Waals surface area (Å²) in [5.74, 6) is -0.782. The summed E-state index contributed by atoms with van der Waals surface area (Å²) in [6.45, 7) is 10.9. The van der Waals surface area contributed by atoms with Crippen LogP contribution < -0.4 is 9.80 Å². The minimum Gasteiger partial charge on any atom is -0.481 e. The number of carbonyl (C=O) groups is 2. The number of quaternary nitrogens is 1. The zero-order valence-corrected chi connectivity index (χ0v) is 25.3. The number of allylic oxidation sites excluding steroid dienone is 3. The highest BCUT2D eigenvalue weighted by Gasteiger charge is 2.49. The number of fused-ring (bicyclic) bond motifs is 6. The molecule has 2 N–H and O–H groups in total. The van der Waals surface area contributed by atoms with Crippen molar-refractivity contribution in [2.45, 2.75) is 51.0 Å². The van der Waals surface area contributed by atoms with Crippen LogP contribution >= 0.6 is 0 Å². The van der Waals surface area contributed by atoms with E-state index in [1.54, 1.807) is 0 Å². The van der Waals surface area contributed by atoms with Crippen molar-refractivity contribution >= 4 is 45.4 Å². The van der Waals surface area contributed by atoms with Gasteiger partial charge in [-0.2, -0.15) is 0 Å². The molecule has 2 aliphatic heterocycles. The molecule has 2 aliphatic rings. The molecule has 0 bridgehead atoms. The zero-order valence-electron chi connectivity index (χ0n) is 25.3. The first-order valence-electron chi connectivity index (χ1n) is 15.0. The standard InChI is InChI=1S/C37H38N2O4/c1-36(2)31(38(21-20-33(41)42)29-18-16-25-10-5-7-12-27(25)34(29)36)14-9-15-32-37(3,4)35-28-13-8-6-11-26(28)17-19-30(35)39(32)22-23-43-24-40/h5-19,24,31H,20-23H2,1-4H3,(H,41,42)/p+1/b14-9+,32-15+. The van der Waals surface area contributed by atoms with Crippen molar-refractivity contribution in [2.24, 2.45) is 0 Å². The van der Waals surface area contributed by atoms with Gasteiger partial charge < -0.3 is 14.7 Å². The van der Waals surface area contributed by atoms with Crippen molar-refractivity contribution < 1.29 is 24.3 Å². The molecule has 0 aromatic heterocycles. The molecular formula is C37H39N2O4+. The molecule has 0 spiro atoms. The minimum atomic E-state index is -0.782. The largest absolute Gasteiger partial charge is 0.481 e. The van der Waals surface area contributed by atoms with Crippen LogP contribution in [0.1, 0.15) is 45.2 Å². The average Bonchev–Trinajstić information content (AvgIpc) is 3.35. The van der Waals surface area contributed by atoms with E-state index in [0.717, 1.165) is 11.4 Å². The number of hydrogen-bond acceptors (Lipinski definition) is 4. The maximum atomic E-state index is 11.7. The number of anilines is 1. The van der Waals surface area contributed by atoms with Crippen LogP contribution in [0.2, 0.25) is 0 Å². The Kier molecular flexibility index (Phi) is 7.35. The molecule has 2 unspecified atom stereocenters. The first-order chi connectivity index (χ1) is 20.7. The van der Waals surface area contributed by atoms with Gasteiger partial charge in [-0.15, -0.1) is 0 Å². The molecule has 0 saturated heterocycles. The van der Waals surface area contributed by atoms with Crippen LogP contribution in [0.15, 0.2) is 96.7 Å². The Morgan fingerprint density at radius 3 is 2.26 bits per heavy atom. The molecule has 6 heteroatoms. The number of nitrogens with zero attached hydrogens (tertiary/aromatic N) is 1. The summed E-state index contributed by atoms with van der Waals surface area (Å²) in [5, 5.41) is 14.4. The summed E-state index contributed by atoms with van der Waals surface area (Å²) in [6.07, 6.45) is 6.71. The lowest BCUT2D eigenvalue weighted by Gasteiger charge is -2.28. The summed E-state index contributed by atoms with van der Waals surface area (Å²) in [6, 6.07) is 25.6. The second-order valence-corrected chi connectivity index (χ2v) is 12.7. The number of rotatable bonds is 9. The van der Waals surface area contributed by atoms with Crippen molar-refractivity contribution in [3.8, 4) is 0 Å².